The van der Waals surface area contributed by atoms with Crippen molar-refractivity contribution in [3.63, 3.8) is 0 Å². The summed E-state index contributed by atoms with van der Waals surface area (Å²) in [6, 6.07) is 12.2. The topological polar surface area (TPSA) is 123 Å². The van der Waals surface area contributed by atoms with E-state index in [-0.39, 0.29) is 23.6 Å². The van der Waals surface area contributed by atoms with Crippen molar-refractivity contribution in [2.75, 3.05) is 13.2 Å². The molecule has 10 heteroatoms. The van der Waals surface area contributed by atoms with E-state index in [0.29, 0.717) is 11.5 Å². The number of hydrogen-bond acceptors (Lipinski definition) is 6. The van der Waals surface area contributed by atoms with Gasteiger partial charge in [0.15, 0.2) is 11.5 Å². The molecule has 1 heterocycles. The largest absolute Gasteiger partial charge is 0.485 e. The van der Waals surface area contributed by atoms with Gasteiger partial charge >= 0.3 is 0 Å². The first-order valence-electron chi connectivity index (χ1n) is 8.42. The number of amides is 2. The van der Waals surface area contributed by atoms with E-state index in [1.165, 1.54) is 18.2 Å². The second-order valence-electron chi connectivity index (χ2n) is 5.86. The van der Waals surface area contributed by atoms with E-state index in [1.54, 1.807) is 24.3 Å². The molecule has 2 aromatic carbocycles. The summed E-state index contributed by atoms with van der Waals surface area (Å²) < 4.78 is 37.4. The number of nitrogens with one attached hydrogen (secondary N) is 3. The highest BCUT2D eigenvalue weighted by Gasteiger charge is 2.27. The maximum Gasteiger partial charge on any atom is 0.283 e. The van der Waals surface area contributed by atoms with Gasteiger partial charge in [-0.15, -0.1) is 6.42 Å². The average molecular weight is 415 g/mol. The summed E-state index contributed by atoms with van der Waals surface area (Å²) in [4.78, 5) is 24.4. The maximum atomic E-state index is 12.3. The van der Waals surface area contributed by atoms with Gasteiger partial charge in [0.2, 0.25) is 16.1 Å². The summed E-state index contributed by atoms with van der Waals surface area (Å²) in [6.45, 7) is -0.200. The van der Waals surface area contributed by atoms with Crippen molar-refractivity contribution < 1.29 is 27.5 Å². The van der Waals surface area contributed by atoms with E-state index in [9.17, 15) is 18.0 Å². The van der Waals surface area contributed by atoms with E-state index in [4.69, 9.17) is 15.9 Å². The maximum absolute atomic E-state index is 12.3. The Labute approximate surface area is 167 Å². The van der Waals surface area contributed by atoms with Crippen LogP contribution in [0.2, 0.25) is 0 Å². The van der Waals surface area contributed by atoms with Gasteiger partial charge in [-0.1, -0.05) is 24.1 Å². The van der Waals surface area contributed by atoms with Crippen molar-refractivity contribution in [2.24, 2.45) is 0 Å². The Morgan fingerprint density at radius 2 is 1.86 bits per heavy atom. The third kappa shape index (κ3) is 4.84. The molecule has 3 rings (SSSR count). The molecule has 0 aliphatic carbocycles. The second kappa shape index (κ2) is 8.64. The number of carbonyl (C=O) groups excluding carboxylic acids is 2. The monoisotopic (exact) mass is 415 g/mol. The zero-order valence-electron chi connectivity index (χ0n) is 15.0. The van der Waals surface area contributed by atoms with E-state index in [2.05, 4.69) is 21.5 Å². The Morgan fingerprint density at radius 1 is 1.10 bits per heavy atom. The number of hydrazine groups is 1. The minimum absolute atomic E-state index is 0.0205. The molecule has 0 spiro atoms. The van der Waals surface area contributed by atoms with Gasteiger partial charge in [-0.2, -0.15) is 4.72 Å². The first kappa shape index (κ1) is 20.2. The molecule has 2 aromatic rings. The van der Waals surface area contributed by atoms with Crippen LogP contribution in [0.4, 0.5) is 0 Å². The van der Waals surface area contributed by atoms with E-state index < -0.39 is 27.9 Å². The SMILES string of the molecule is C#CCNS(=O)(=O)c1cccc(C(=O)NNC(=O)C2COc3ccccc3O2)c1. The molecule has 3 N–H and O–H groups in total. The van der Waals surface area contributed by atoms with Gasteiger partial charge in [-0.25, -0.2) is 8.42 Å². The standard InChI is InChI=1S/C19H17N3O6S/c1-2-10-20-29(25,26)14-7-5-6-13(11-14)18(23)21-22-19(24)17-12-27-15-8-3-4-9-16(15)28-17/h1,3-9,11,17,20H,10,12H2,(H,21,23)(H,22,24). The number of sulfonamides is 1. The highest BCUT2D eigenvalue weighted by Crippen LogP contribution is 2.30. The minimum atomic E-state index is -3.85. The zero-order valence-corrected chi connectivity index (χ0v) is 15.9. The summed E-state index contributed by atoms with van der Waals surface area (Å²) in [7, 11) is -3.85. The lowest BCUT2D eigenvalue weighted by Gasteiger charge is -2.25. The van der Waals surface area contributed by atoms with Crippen molar-refractivity contribution in [2.45, 2.75) is 11.0 Å². The molecule has 9 nitrogen and oxygen atoms in total. The fraction of sp³-hybridized carbons (Fsp3) is 0.158. The smallest absolute Gasteiger partial charge is 0.283 e. The predicted molar refractivity (Wildman–Crippen MR) is 102 cm³/mol. The Hall–Kier alpha value is -3.55. The van der Waals surface area contributed by atoms with Crippen LogP contribution in [0.3, 0.4) is 0 Å². The molecule has 1 aliphatic rings. The van der Waals surface area contributed by atoms with Crippen LogP contribution in [0.25, 0.3) is 0 Å². The number of carbonyl (C=O) groups is 2. The van der Waals surface area contributed by atoms with E-state index in [1.807, 2.05) is 0 Å². The number of hydrogen-bond donors (Lipinski definition) is 3. The van der Waals surface area contributed by atoms with Crippen molar-refractivity contribution in [3.8, 4) is 23.8 Å². The van der Waals surface area contributed by atoms with Crippen molar-refractivity contribution in [1.82, 2.24) is 15.6 Å². The Balaban J connectivity index is 1.61. The summed E-state index contributed by atoms with van der Waals surface area (Å²) in [5.74, 6) is 1.78. The van der Waals surface area contributed by atoms with Crippen molar-refractivity contribution in [3.05, 3.63) is 54.1 Å². The fourth-order valence-electron chi connectivity index (χ4n) is 2.44. The van der Waals surface area contributed by atoms with Crippen LogP contribution in [0.15, 0.2) is 53.4 Å². The quantitative estimate of drug-likeness (QED) is 0.474. The van der Waals surface area contributed by atoms with Crippen LogP contribution in [0, 0.1) is 12.3 Å². The van der Waals surface area contributed by atoms with E-state index >= 15 is 0 Å². The molecule has 0 fully saturated rings. The molecule has 1 atom stereocenters. The Kier molecular flexibility index (Phi) is 6.01. The molecule has 0 radical (unpaired) electrons. The molecule has 0 bridgehead atoms. The number of fused-ring (bicyclic) bond motifs is 1. The van der Waals surface area contributed by atoms with Crippen molar-refractivity contribution in [1.29, 1.82) is 0 Å². The van der Waals surface area contributed by atoms with Gasteiger partial charge in [0.1, 0.15) is 6.61 Å². The lowest BCUT2D eigenvalue weighted by atomic mass is 10.2. The number of para-hydroxylation sites is 2. The normalized spacial score (nSPS) is 15.1. The molecule has 1 unspecified atom stereocenters. The summed E-state index contributed by atoms with van der Waals surface area (Å²) in [6.07, 6.45) is 4.09. The van der Waals surface area contributed by atoms with Gasteiger partial charge in [0.25, 0.3) is 11.8 Å². The van der Waals surface area contributed by atoms with Gasteiger partial charge in [-0.3, -0.25) is 20.4 Å². The minimum Gasteiger partial charge on any atom is -0.485 e. The number of ether oxygens (including phenoxy) is 2. The molecule has 0 saturated heterocycles. The molecular formula is C19H17N3O6S. The summed E-state index contributed by atoms with van der Waals surface area (Å²) >= 11 is 0. The van der Waals surface area contributed by atoms with Crippen LogP contribution in [-0.4, -0.2) is 39.5 Å². The molecule has 0 aromatic heterocycles. The first-order chi connectivity index (χ1) is 13.9. The van der Waals surface area contributed by atoms with Crippen molar-refractivity contribution >= 4 is 21.8 Å². The van der Waals surface area contributed by atoms with Gasteiger partial charge in [-0.05, 0) is 30.3 Å². The summed E-state index contributed by atoms with van der Waals surface area (Å²) in [5, 5.41) is 0. The van der Waals surface area contributed by atoms with E-state index in [0.717, 1.165) is 6.07 Å². The Morgan fingerprint density at radius 3 is 2.62 bits per heavy atom. The summed E-state index contributed by atoms with van der Waals surface area (Å²) in [5.41, 5.74) is 4.49. The van der Waals surface area contributed by atoms with Gasteiger partial charge in [0, 0.05) is 5.56 Å². The van der Waals surface area contributed by atoms with Crippen LogP contribution >= 0.6 is 0 Å². The van der Waals surface area contributed by atoms with Crippen LogP contribution < -0.4 is 25.0 Å². The van der Waals surface area contributed by atoms with Crippen LogP contribution in [0.1, 0.15) is 10.4 Å². The number of terminal acetylenes is 1. The highest BCUT2D eigenvalue weighted by molar-refractivity contribution is 7.89. The molecule has 29 heavy (non-hydrogen) atoms. The zero-order chi connectivity index (χ0) is 20.9. The molecular weight excluding hydrogens is 398 g/mol. The lowest BCUT2D eigenvalue weighted by Crippen LogP contribution is -2.50. The second-order valence-corrected chi connectivity index (χ2v) is 7.63. The van der Waals surface area contributed by atoms with Gasteiger partial charge in [0.05, 0.1) is 11.4 Å². The van der Waals surface area contributed by atoms with Crippen LogP contribution in [-0.2, 0) is 14.8 Å². The lowest BCUT2D eigenvalue weighted by molar-refractivity contribution is -0.131. The average Bonchev–Trinajstić information content (AvgIpc) is 2.75. The number of rotatable bonds is 5. The highest BCUT2D eigenvalue weighted by atomic mass is 32.2. The van der Waals surface area contributed by atoms with Crippen LogP contribution in [0.5, 0.6) is 11.5 Å². The number of benzene rings is 2. The Bertz CT molecular complexity index is 1080. The predicted octanol–water partition coefficient (Wildman–Crippen LogP) is 0.199. The molecule has 0 saturated carbocycles. The molecule has 150 valence electrons. The fourth-order valence-corrected chi connectivity index (χ4v) is 3.42. The third-order valence-corrected chi connectivity index (χ3v) is 5.27. The first-order valence-corrected chi connectivity index (χ1v) is 9.91. The molecule has 1 aliphatic heterocycles. The molecule has 2 amide bonds. The third-order valence-electron chi connectivity index (χ3n) is 3.87. The van der Waals surface area contributed by atoms with Gasteiger partial charge < -0.3 is 9.47 Å².